The molecule has 34 heavy (non-hydrogen) atoms. The smallest absolute Gasteiger partial charge is 0.312 e. The Morgan fingerprint density at radius 1 is 1.06 bits per heavy atom. The molecule has 0 radical (unpaired) electrons. The summed E-state index contributed by atoms with van der Waals surface area (Å²) < 4.78 is 17.2. The first kappa shape index (κ1) is 23.6. The first-order chi connectivity index (χ1) is 16.4. The zero-order chi connectivity index (χ0) is 24.3. The van der Waals surface area contributed by atoms with Gasteiger partial charge in [-0.3, -0.25) is 14.7 Å². The van der Waals surface area contributed by atoms with Gasteiger partial charge in [0.2, 0.25) is 0 Å². The van der Waals surface area contributed by atoms with Gasteiger partial charge in [0.05, 0.1) is 24.7 Å². The average molecular weight is 467 g/mol. The van der Waals surface area contributed by atoms with Gasteiger partial charge in [0.1, 0.15) is 6.61 Å². The maximum atomic E-state index is 13.0. The van der Waals surface area contributed by atoms with Crippen molar-refractivity contribution in [3.05, 3.63) is 81.3 Å². The number of esters is 1. The normalized spacial score (nSPS) is 21.5. The lowest BCUT2D eigenvalue weighted by atomic mass is 9.66. The van der Waals surface area contributed by atoms with Crippen LogP contribution in [-0.2, 0) is 22.6 Å². The molecule has 1 aromatic heterocycles. The van der Waals surface area contributed by atoms with Gasteiger partial charge in [-0.15, -0.1) is 0 Å². The maximum Gasteiger partial charge on any atom is 0.312 e. The lowest BCUT2D eigenvalue weighted by Crippen LogP contribution is -2.50. The number of hydrogen-bond acceptors (Lipinski definition) is 6. The second-order valence-corrected chi connectivity index (χ2v) is 8.63. The van der Waals surface area contributed by atoms with E-state index in [1.807, 2.05) is 37.3 Å². The minimum Gasteiger partial charge on any atom is -0.490 e. The molecule has 0 fully saturated rings. The Bertz CT molecular complexity index is 1200. The van der Waals surface area contributed by atoms with Gasteiger partial charge >= 0.3 is 5.97 Å². The van der Waals surface area contributed by atoms with E-state index in [0.29, 0.717) is 41.5 Å². The molecular weight excluding hydrogens is 436 g/mol. The van der Waals surface area contributed by atoms with Gasteiger partial charge in [-0.25, -0.2) is 0 Å². The molecule has 8 heteroatoms. The third-order valence-corrected chi connectivity index (χ3v) is 6.15. The van der Waals surface area contributed by atoms with Crippen molar-refractivity contribution in [2.24, 2.45) is 5.92 Å². The molecule has 1 aliphatic rings. The van der Waals surface area contributed by atoms with E-state index >= 15 is 0 Å². The summed E-state index contributed by atoms with van der Waals surface area (Å²) in [5, 5.41) is 16.7. The lowest BCUT2D eigenvalue weighted by Gasteiger charge is -2.40. The van der Waals surface area contributed by atoms with Crippen LogP contribution in [0.2, 0.25) is 0 Å². The quantitative estimate of drug-likeness (QED) is 0.439. The van der Waals surface area contributed by atoms with Crippen LogP contribution in [0.3, 0.4) is 0 Å². The van der Waals surface area contributed by atoms with Crippen LogP contribution >= 0.6 is 0 Å². The van der Waals surface area contributed by atoms with Crippen LogP contribution in [0.15, 0.2) is 53.3 Å². The summed E-state index contributed by atoms with van der Waals surface area (Å²) in [4.78, 5) is 25.8. The highest BCUT2D eigenvalue weighted by Gasteiger charge is 2.51. The first-order valence-electron chi connectivity index (χ1n) is 11.5. The Morgan fingerprint density at radius 2 is 1.82 bits per heavy atom. The van der Waals surface area contributed by atoms with Gasteiger partial charge in [0, 0.05) is 23.6 Å². The van der Waals surface area contributed by atoms with Crippen LogP contribution in [-0.4, -0.2) is 40.1 Å². The zero-order valence-corrected chi connectivity index (χ0v) is 19.6. The standard InChI is InChI=1S/C26H30N2O6/c1-4-32-20-13-17(11-12-19(20)34-15-16-9-7-6-8-10-16)21-22-18(27-28-24(22)29)14-26(3,31)23(21)25(30)33-5-2/h6-13,21,23,31H,4-5,14-15H2,1-3H3,(H2,27,28,29)/t21-,23-,26-/m0/s1. The highest BCUT2D eigenvalue weighted by molar-refractivity contribution is 5.77. The Balaban J connectivity index is 1.76. The molecule has 0 aliphatic heterocycles. The van der Waals surface area contributed by atoms with Crippen molar-refractivity contribution in [2.75, 3.05) is 13.2 Å². The largest absolute Gasteiger partial charge is 0.490 e. The molecule has 4 rings (SSSR count). The van der Waals surface area contributed by atoms with Gasteiger partial charge < -0.3 is 24.4 Å². The van der Waals surface area contributed by atoms with Crippen LogP contribution in [0.25, 0.3) is 0 Å². The third kappa shape index (κ3) is 4.59. The topological polar surface area (TPSA) is 114 Å². The monoisotopic (exact) mass is 466 g/mol. The summed E-state index contributed by atoms with van der Waals surface area (Å²) >= 11 is 0. The Labute approximate surface area is 197 Å². The van der Waals surface area contributed by atoms with Crippen LogP contribution in [0, 0.1) is 5.92 Å². The van der Waals surface area contributed by atoms with Crippen LogP contribution in [0.1, 0.15) is 49.1 Å². The second-order valence-electron chi connectivity index (χ2n) is 8.63. The number of nitrogens with one attached hydrogen (secondary N) is 2. The number of carbonyl (C=O) groups excluding carboxylic acids is 1. The molecule has 0 unspecified atom stereocenters. The zero-order valence-electron chi connectivity index (χ0n) is 19.6. The minimum atomic E-state index is -1.43. The molecule has 180 valence electrons. The second kappa shape index (κ2) is 9.77. The molecule has 1 heterocycles. The fraction of sp³-hybridized carbons (Fsp3) is 0.385. The number of H-pyrrole nitrogens is 2. The van der Waals surface area contributed by atoms with E-state index in [4.69, 9.17) is 14.2 Å². The fourth-order valence-corrected chi connectivity index (χ4v) is 4.69. The Kier molecular flexibility index (Phi) is 6.79. The number of carbonyl (C=O) groups is 1. The summed E-state index contributed by atoms with van der Waals surface area (Å²) in [5.41, 5.74) is 0.909. The Morgan fingerprint density at radius 3 is 2.53 bits per heavy atom. The van der Waals surface area contributed by atoms with Crippen molar-refractivity contribution in [2.45, 2.75) is 45.3 Å². The predicted octanol–water partition coefficient (Wildman–Crippen LogP) is 3.30. The van der Waals surface area contributed by atoms with Gasteiger partial charge in [0.25, 0.3) is 5.56 Å². The minimum absolute atomic E-state index is 0.123. The number of benzene rings is 2. The van der Waals surface area contributed by atoms with Gasteiger partial charge in [-0.1, -0.05) is 36.4 Å². The molecular formula is C26H30N2O6. The molecule has 0 amide bonds. The molecule has 0 spiro atoms. The van der Waals surface area contributed by atoms with E-state index in [2.05, 4.69) is 10.2 Å². The molecule has 3 N–H and O–H groups in total. The molecule has 3 atom stereocenters. The number of ether oxygens (including phenoxy) is 3. The summed E-state index contributed by atoms with van der Waals surface area (Å²) in [7, 11) is 0. The lowest BCUT2D eigenvalue weighted by molar-refractivity contribution is -0.159. The van der Waals surface area contributed by atoms with Crippen molar-refractivity contribution in [3.63, 3.8) is 0 Å². The van der Waals surface area contributed by atoms with E-state index in [1.54, 1.807) is 32.0 Å². The fourth-order valence-electron chi connectivity index (χ4n) is 4.69. The number of aliphatic hydroxyl groups is 1. The highest BCUT2D eigenvalue weighted by atomic mass is 16.5. The molecule has 3 aromatic rings. The predicted molar refractivity (Wildman–Crippen MR) is 126 cm³/mol. The number of aromatic amines is 2. The number of aromatic nitrogens is 2. The van der Waals surface area contributed by atoms with E-state index in [9.17, 15) is 14.7 Å². The van der Waals surface area contributed by atoms with E-state index in [1.165, 1.54) is 0 Å². The Hall–Kier alpha value is -3.52. The van der Waals surface area contributed by atoms with Crippen LogP contribution in [0.5, 0.6) is 11.5 Å². The van der Waals surface area contributed by atoms with Crippen molar-refractivity contribution in [1.82, 2.24) is 10.2 Å². The van der Waals surface area contributed by atoms with Crippen LogP contribution in [0.4, 0.5) is 0 Å². The first-order valence-corrected chi connectivity index (χ1v) is 11.5. The third-order valence-electron chi connectivity index (χ3n) is 6.15. The van der Waals surface area contributed by atoms with Gasteiger partial charge in [0.15, 0.2) is 11.5 Å². The van der Waals surface area contributed by atoms with Crippen molar-refractivity contribution in [3.8, 4) is 11.5 Å². The van der Waals surface area contributed by atoms with Crippen LogP contribution < -0.4 is 15.0 Å². The number of fused-ring (bicyclic) bond motifs is 1. The van der Waals surface area contributed by atoms with Crippen molar-refractivity contribution >= 4 is 5.97 Å². The SMILES string of the molecule is CCOC(=O)[C@@H]1[C@@H](c2ccc(OCc3ccccc3)c(OCC)c2)c2c([nH][nH]c2=O)C[C@]1(C)O. The van der Waals surface area contributed by atoms with E-state index in [0.717, 1.165) is 5.56 Å². The van der Waals surface area contributed by atoms with Crippen molar-refractivity contribution < 1.29 is 24.1 Å². The molecule has 8 nitrogen and oxygen atoms in total. The molecule has 1 aliphatic carbocycles. The van der Waals surface area contributed by atoms with E-state index in [-0.39, 0.29) is 18.6 Å². The molecule has 0 bridgehead atoms. The number of hydrogen-bond donors (Lipinski definition) is 3. The summed E-state index contributed by atoms with van der Waals surface area (Å²) in [6.45, 7) is 6.12. The summed E-state index contributed by atoms with van der Waals surface area (Å²) in [6, 6.07) is 15.1. The van der Waals surface area contributed by atoms with Gasteiger partial charge in [-0.2, -0.15) is 0 Å². The summed E-state index contributed by atoms with van der Waals surface area (Å²) in [6.07, 6.45) is 0.123. The molecule has 2 aromatic carbocycles. The summed E-state index contributed by atoms with van der Waals surface area (Å²) in [5.74, 6) is -1.20. The van der Waals surface area contributed by atoms with E-state index < -0.39 is 23.4 Å². The van der Waals surface area contributed by atoms with Gasteiger partial charge in [-0.05, 0) is 44.0 Å². The number of rotatable bonds is 8. The molecule has 0 saturated heterocycles. The maximum absolute atomic E-state index is 13.0. The highest BCUT2D eigenvalue weighted by Crippen LogP contribution is 2.46. The van der Waals surface area contributed by atoms with Crippen molar-refractivity contribution in [1.29, 1.82) is 0 Å². The molecule has 0 saturated carbocycles. The average Bonchev–Trinajstić information content (AvgIpc) is 3.17.